The normalized spacial score (nSPS) is 26.0. The van der Waals surface area contributed by atoms with Gasteiger partial charge in [0.1, 0.15) is 11.4 Å². The minimum atomic E-state index is -0.440. The van der Waals surface area contributed by atoms with Crippen LogP contribution in [0.25, 0.3) is 0 Å². The van der Waals surface area contributed by atoms with Crippen molar-refractivity contribution < 1.29 is 19.1 Å². The smallest absolute Gasteiger partial charge is 0.223 e. The molecular weight excluding hydrogens is 368 g/mol. The molecule has 2 fully saturated rings. The molecule has 2 amide bonds. The molecule has 7 heteroatoms. The lowest BCUT2D eigenvalue weighted by Crippen LogP contribution is -2.57. The largest absolute Gasteiger partial charge is 0.486 e. The Morgan fingerprint density at radius 2 is 2.04 bits per heavy atom. The Labute approximate surface area is 163 Å². The van der Waals surface area contributed by atoms with Crippen LogP contribution in [0.4, 0.5) is 0 Å². The van der Waals surface area contributed by atoms with Crippen LogP contribution in [0.3, 0.4) is 0 Å². The van der Waals surface area contributed by atoms with Gasteiger partial charge in [0.15, 0.2) is 0 Å². The molecule has 4 rings (SSSR count). The van der Waals surface area contributed by atoms with E-state index in [0.717, 1.165) is 43.6 Å². The van der Waals surface area contributed by atoms with Gasteiger partial charge in [0.2, 0.25) is 11.8 Å². The van der Waals surface area contributed by atoms with Crippen LogP contribution < -0.4 is 10.5 Å². The van der Waals surface area contributed by atoms with Gasteiger partial charge in [-0.3, -0.25) is 9.59 Å². The van der Waals surface area contributed by atoms with E-state index in [-0.39, 0.29) is 36.4 Å². The summed E-state index contributed by atoms with van der Waals surface area (Å²) < 4.78 is 12.7. The van der Waals surface area contributed by atoms with Gasteiger partial charge in [0.25, 0.3) is 0 Å². The standard InChI is InChI=1S/C20H25ClN2O4/c21-13-3-4-16-14(12-13)19-15(2-1-11-26-19)20(27-16)7-9-23(10-8-20)18(25)6-5-17(22)24/h3-4,12,15,19H,1-2,5-11H2,(H2,22,24)/t15-,19+/m0/s1. The number of primary amides is 1. The van der Waals surface area contributed by atoms with Gasteiger partial charge in [0.05, 0.1) is 6.10 Å². The summed E-state index contributed by atoms with van der Waals surface area (Å²) in [5.41, 5.74) is 5.88. The maximum Gasteiger partial charge on any atom is 0.223 e. The van der Waals surface area contributed by atoms with Crippen LogP contribution in [0, 0.1) is 5.92 Å². The van der Waals surface area contributed by atoms with E-state index >= 15 is 0 Å². The molecule has 0 bridgehead atoms. The number of ether oxygens (including phenoxy) is 2. The monoisotopic (exact) mass is 392 g/mol. The number of piperidine rings is 1. The molecule has 0 radical (unpaired) electrons. The van der Waals surface area contributed by atoms with Gasteiger partial charge in [-0.2, -0.15) is 0 Å². The Morgan fingerprint density at radius 3 is 2.78 bits per heavy atom. The summed E-state index contributed by atoms with van der Waals surface area (Å²) in [6.45, 7) is 2.01. The van der Waals surface area contributed by atoms with Gasteiger partial charge in [-0.05, 0) is 31.0 Å². The number of hydrogen-bond donors (Lipinski definition) is 1. The van der Waals surface area contributed by atoms with Crippen LogP contribution in [0.2, 0.25) is 5.02 Å². The zero-order valence-corrected chi connectivity index (χ0v) is 16.0. The molecule has 1 spiro atoms. The van der Waals surface area contributed by atoms with Crippen LogP contribution in [-0.4, -0.2) is 42.0 Å². The van der Waals surface area contributed by atoms with E-state index in [1.165, 1.54) is 0 Å². The molecule has 3 aliphatic rings. The number of rotatable bonds is 3. The maximum atomic E-state index is 12.3. The minimum Gasteiger partial charge on any atom is -0.486 e. The highest BCUT2D eigenvalue weighted by molar-refractivity contribution is 6.30. The molecule has 27 heavy (non-hydrogen) atoms. The molecule has 2 N–H and O–H groups in total. The van der Waals surface area contributed by atoms with Gasteiger partial charge in [-0.1, -0.05) is 11.6 Å². The van der Waals surface area contributed by atoms with Crippen LogP contribution in [0.5, 0.6) is 5.75 Å². The molecule has 0 aliphatic carbocycles. The first-order chi connectivity index (χ1) is 13.0. The fourth-order valence-electron chi connectivity index (χ4n) is 4.75. The summed E-state index contributed by atoms with van der Waals surface area (Å²) in [4.78, 5) is 25.1. The van der Waals surface area contributed by atoms with E-state index < -0.39 is 5.91 Å². The number of likely N-dealkylation sites (tertiary alicyclic amines) is 1. The summed E-state index contributed by atoms with van der Waals surface area (Å²) in [7, 11) is 0. The van der Waals surface area contributed by atoms with E-state index in [1.54, 1.807) is 0 Å². The quantitative estimate of drug-likeness (QED) is 0.857. The summed E-state index contributed by atoms with van der Waals surface area (Å²) in [6.07, 6.45) is 3.88. The number of amides is 2. The Bertz CT molecular complexity index is 745. The number of fused-ring (bicyclic) bond motifs is 4. The molecule has 3 heterocycles. The fraction of sp³-hybridized carbons (Fsp3) is 0.600. The number of hydrogen-bond acceptors (Lipinski definition) is 4. The molecule has 0 aromatic heterocycles. The van der Waals surface area contributed by atoms with Crippen molar-refractivity contribution in [1.82, 2.24) is 4.90 Å². The number of benzene rings is 1. The van der Waals surface area contributed by atoms with Crippen LogP contribution in [0.15, 0.2) is 18.2 Å². The number of halogens is 1. The van der Waals surface area contributed by atoms with Crippen LogP contribution in [0.1, 0.15) is 50.2 Å². The predicted molar refractivity (Wildman–Crippen MR) is 100 cm³/mol. The highest BCUT2D eigenvalue weighted by Crippen LogP contribution is 2.53. The highest BCUT2D eigenvalue weighted by Gasteiger charge is 2.52. The van der Waals surface area contributed by atoms with Gasteiger partial charge in [-0.25, -0.2) is 0 Å². The third-order valence-corrected chi connectivity index (χ3v) is 6.37. The van der Waals surface area contributed by atoms with Gasteiger partial charge in [0, 0.05) is 61.9 Å². The average Bonchev–Trinajstić information content (AvgIpc) is 2.68. The number of nitrogens with zero attached hydrogens (tertiary/aromatic N) is 1. The second-order valence-electron chi connectivity index (χ2n) is 7.74. The maximum absolute atomic E-state index is 12.3. The number of carbonyl (C=O) groups is 2. The molecule has 1 aromatic rings. The van der Waals surface area contributed by atoms with Crippen molar-refractivity contribution in [1.29, 1.82) is 0 Å². The van der Waals surface area contributed by atoms with Crippen molar-refractivity contribution >= 4 is 23.4 Å². The first-order valence-electron chi connectivity index (χ1n) is 9.65. The zero-order valence-electron chi connectivity index (χ0n) is 15.3. The highest BCUT2D eigenvalue weighted by atomic mass is 35.5. The Morgan fingerprint density at radius 1 is 1.26 bits per heavy atom. The van der Waals surface area contributed by atoms with Crippen molar-refractivity contribution in [3.05, 3.63) is 28.8 Å². The molecule has 0 unspecified atom stereocenters. The second-order valence-corrected chi connectivity index (χ2v) is 8.17. The fourth-order valence-corrected chi connectivity index (χ4v) is 4.93. The summed E-state index contributed by atoms with van der Waals surface area (Å²) in [6, 6.07) is 5.73. The van der Waals surface area contributed by atoms with Gasteiger partial charge >= 0.3 is 0 Å². The lowest BCUT2D eigenvalue weighted by Gasteiger charge is -2.53. The SMILES string of the molecule is NC(=O)CCC(=O)N1CCC2(CC1)Oc1ccc(Cl)cc1[C@H]1OCCC[C@@H]12. The van der Waals surface area contributed by atoms with Crippen molar-refractivity contribution in [2.75, 3.05) is 19.7 Å². The van der Waals surface area contributed by atoms with Crippen molar-refractivity contribution in [3.8, 4) is 5.75 Å². The van der Waals surface area contributed by atoms with E-state index in [4.69, 9.17) is 26.8 Å². The topological polar surface area (TPSA) is 81.9 Å². The third-order valence-electron chi connectivity index (χ3n) is 6.14. The third kappa shape index (κ3) is 3.52. The van der Waals surface area contributed by atoms with Crippen molar-refractivity contribution in [2.45, 2.75) is 50.2 Å². The minimum absolute atomic E-state index is 0.00156. The zero-order chi connectivity index (χ0) is 19.0. The van der Waals surface area contributed by atoms with E-state index in [1.807, 2.05) is 23.1 Å². The lowest BCUT2D eigenvalue weighted by molar-refractivity contribution is -0.157. The van der Waals surface area contributed by atoms with Crippen molar-refractivity contribution in [3.63, 3.8) is 0 Å². The molecule has 3 aliphatic heterocycles. The van der Waals surface area contributed by atoms with Gasteiger partial charge < -0.3 is 20.1 Å². The molecular formula is C20H25ClN2O4. The number of carbonyl (C=O) groups excluding carboxylic acids is 2. The van der Waals surface area contributed by atoms with Crippen LogP contribution in [-0.2, 0) is 14.3 Å². The van der Waals surface area contributed by atoms with Crippen molar-refractivity contribution in [2.24, 2.45) is 11.7 Å². The van der Waals surface area contributed by atoms with Gasteiger partial charge in [-0.15, -0.1) is 0 Å². The molecule has 2 saturated heterocycles. The Balaban J connectivity index is 1.52. The first-order valence-corrected chi connectivity index (χ1v) is 10.0. The molecule has 146 valence electrons. The van der Waals surface area contributed by atoms with Crippen LogP contribution >= 0.6 is 11.6 Å². The average molecular weight is 393 g/mol. The van der Waals surface area contributed by atoms with E-state index in [2.05, 4.69) is 0 Å². The molecule has 6 nitrogen and oxygen atoms in total. The Hall–Kier alpha value is -1.79. The first kappa shape index (κ1) is 18.6. The molecule has 0 saturated carbocycles. The summed E-state index contributed by atoms with van der Waals surface area (Å²) in [5, 5.41) is 0.691. The summed E-state index contributed by atoms with van der Waals surface area (Å²) >= 11 is 6.20. The second kappa shape index (κ2) is 7.32. The summed E-state index contributed by atoms with van der Waals surface area (Å²) in [5.74, 6) is 0.657. The van der Waals surface area contributed by atoms with E-state index in [0.29, 0.717) is 18.1 Å². The lowest BCUT2D eigenvalue weighted by atomic mass is 9.70. The predicted octanol–water partition coefficient (Wildman–Crippen LogP) is 2.83. The Kier molecular flexibility index (Phi) is 5.03. The number of nitrogens with two attached hydrogens (primary N) is 1. The molecule has 2 atom stereocenters. The molecule has 1 aromatic carbocycles. The van der Waals surface area contributed by atoms with E-state index in [9.17, 15) is 9.59 Å².